The molecule has 1 aromatic rings. The Morgan fingerprint density at radius 2 is 1.90 bits per heavy atom. The van der Waals surface area contributed by atoms with Gasteiger partial charge in [-0.15, -0.1) is 0 Å². The van der Waals surface area contributed by atoms with Crippen molar-refractivity contribution in [2.75, 3.05) is 13.1 Å². The average Bonchev–Trinajstić information content (AvgIpc) is 2.63. The Bertz CT molecular complexity index is 513. The van der Waals surface area contributed by atoms with Crippen LogP contribution in [0.3, 0.4) is 0 Å². The van der Waals surface area contributed by atoms with Crippen LogP contribution in [0.4, 0.5) is 0 Å². The fraction of sp³-hybridized carbons (Fsp3) is 0.733. The zero-order valence-electron chi connectivity index (χ0n) is 13.1. The van der Waals surface area contributed by atoms with E-state index in [2.05, 4.69) is 23.8 Å². The number of rotatable bonds is 3. The van der Waals surface area contributed by atoms with Gasteiger partial charge in [0.25, 0.3) is 0 Å². The van der Waals surface area contributed by atoms with Gasteiger partial charge in [-0.05, 0) is 53.6 Å². The van der Waals surface area contributed by atoms with E-state index >= 15 is 0 Å². The van der Waals surface area contributed by atoms with Crippen LogP contribution in [0.1, 0.15) is 49.7 Å². The summed E-state index contributed by atoms with van der Waals surface area (Å²) in [5, 5.41) is 13.8. The molecular formula is C15H25N3O2. The van der Waals surface area contributed by atoms with Gasteiger partial charge in [-0.1, -0.05) is 0 Å². The predicted molar refractivity (Wildman–Crippen MR) is 77.6 cm³/mol. The predicted octanol–water partition coefficient (Wildman–Crippen LogP) is 2.28. The van der Waals surface area contributed by atoms with Crippen LogP contribution in [0.15, 0.2) is 0 Å². The van der Waals surface area contributed by atoms with Gasteiger partial charge in [-0.25, -0.2) is 0 Å². The molecule has 1 N–H and O–H groups in total. The maximum absolute atomic E-state index is 11.3. The van der Waals surface area contributed by atoms with Crippen LogP contribution >= 0.6 is 0 Å². The van der Waals surface area contributed by atoms with Crippen molar-refractivity contribution in [1.29, 1.82) is 0 Å². The first-order valence-corrected chi connectivity index (χ1v) is 7.24. The van der Waals surface area contributed by atoms with Gasteiger partial charge in [0.05, 0.1) is 11.1 Å². The number of aryl methyl sites for hydroxylation is 2. The molecule has 1 saturated heterocycles. The SMILES string of the molecule is Cc1nn(C)c(C)c1C(C)N1CCC(C)(C(=O)O)CC1. The topological polar surface area (TPSA) is 58.4 Å². The average molecular weight is 279 g/mol. The van der Waals surface area contributed by atoms with E-state index in [1.807, 2.05) is 25.6 Å². The summed E-state index contributed by atoms with van der Waals surface area (Å²) in [6.07, 6.45) is 1.43. The van der Waals surface area contributed by atoms with Crippen LogP contribution in [0, 0.1) is 19.3 Å². The standard InChI is InChI=1S/C15H25N3O2/c1-10-13(11(2)17(5)16-10)12(3)18-8-6-15(4,7-9-18)14(19)20/h12H,6-9H2,1-5H3,(H,19,20). The Morgan fingerprint density at radius 3 is 2.30 bits per heavy atom. The Morgan fingerprint density at radius 1 is 1.35 bits per heavy atom. The quantitative estimate of drug-likeness (QED) is 0.922. The summed E-state index contributed by atoms with van der Waals surface area (Å²) >= 11 is 0. The Labute approximate surface area is 120 Å². The summed E-state index contributed by atoms with van der Waals surface area (Å²) < 4.78 is 1.92. The minimum Gasteiger partial charge on any atom is -0.481 e. The zero-order chi connectivity index (χ0) is 15.1. The maximum atomic E-state index is 11.3. The molecule has 1 unspecified atom stereocenters. The molecule has 0 saturated carbocycles. The van der Waals surface area contributed by atoms with Crippen molar-refractivity contribution in [3.63, 3.8) is 0 Å². The van der Waals surface area contributed by atoms with Crippen molar-refractivity contribution >= 4 is 5.97 Å². The van der Waals surface area contributed by atoms with Gasteiger partial charge in [0.15, 0.2) is 0 Å². The molecule has 112 valence electrons. The van der Waals surface area contributed by atoms with Crippen LogP contribution in [-0.4, -0.2) is 38.8 Å². The first-order chi connectivity index (χ1) is 9.26. The molecule has 5 heteroatoms. The molecule has 2 rings (SSSR count). The molecule has 0 aliphatic carbocycles. The highest BCUT2D eigenvalue weighted by atomic mass is 16.4. The van der Waals surface area contributed by atoms with Crippen molar-refractivity contribution in [2.24, 2.45) is 12.5 Å². The van der Waals surface area contributed by atoms with E-state index in [-0.39, 0.29) is 0 Å². The largest absolute Gasteiger partial charge is 0.481 e. The number of carboxylic acids is 1. The number of aliphatic carboxylic acids is 1. The van der Waals surface area contributed by atoms with Crippen molar-refractivity contribution in [3.8, 4) is 0 Å². The fourth-order valence-corrected chi connectivity index (χ4v) is 3.20. The molecule has 1 aromatic heterocycles. The molecule has 1 atom stereocenters. The Kier molecular flexibility index (Phi) is 3.91. The number of carboxylic acid groups (broad SMARTS) is 1. The number of hydrogen-bond acceptors (Lipinski definition) is 3. The molecule has 5 nitrogen and oxygen atoms in total. The highest BCUT2D eigenvalue weighted by Gasteiger charge is 2.38. The molecule has 0 radical (unpaired) electrons. The molecule has 20 heavy (non-hydrogen) atoms. The Balaban J connectivity index is 2.13. The van der Waals surface area contributed by atoms with E-state index in [0.29, 0.717) is 18.9 Å². The number of aromatic nitrogens is 2. The minimum absolute atomic E-state index is 0.294. The maximum Gasteiger partial charge on any atom is 0.309 e. The number of hydrogen-bond donors (Lipinski definition) is 1. The first-order valence-electron chi connectivity index (χ1n) is 7.24. The molecule has 0 bridgehead atoms. The highest BCUT2D eigenvalue weighted by Crippen LogP contribution is 2.35. The van der Waals surface area contributed by atoms with E-state index in [0.717, 1.165) is 18.8 Å². The van der Waals surface area contributed by atoms with Crippen molar-refractivity contribution in [1.82, 2.24) is 14.7 Å². The Hall–Kier alpha value is -1.36. The summed E-state index contributed by atoms with van der Waals surface area (Å²) in [4.78, 5) is 13.7. The number of nitrogens with zero attached hydrogens (tertiary/aromatic N) is 3. The molecule has 0 aromatic carbocycles. The summed E-state index contributed by atoms with van der Waals surface area (Å²) in [6, 6.07) is 0.294. The lowest BCUT2D eigenvalue weighted by Gasteiger charge is -2.39. The summed E-state index contributed by atoms with van der Waals surface area (Å²) in [5.74, 6) is -0.668. The second-order valence-corrected chi connectivity index (χ2v) is 6.29. The summed E-state index contributed by atoms with van der Waals surface area (Å²) in [6.45, 7) is 9.86. The smallest absolute Gasteiger partial charge is 0.309 e. The van der Waals surface area contributed by atoms with E-state index in [4.69, 9.17) is 0 Å². The zero-order valence-corrected chi connectivity index (χ0v) is 13.1. The normalized spacial score (nSPS) is 20.9. The first kappa shape index (κ1) is 15.0. The van der Waals surface area contributed by atoms with Gasteiger partial charge in [0.1, 0.15) is 0 Å². The summed E-state index contributed by atoms with van der Waals surface area (Å²) in [5.41, 5.74) is 2.99. The van der Waals surface area contributed by atoms with Crippen LogP contribution in [0.2, 0.25) is 0 Å². The van der Waals surface area contributed by atoms with Gasteiger partial charge in [-0.3, -0.25) is 14.4 Å². The molecule has 1 fully saturated rings. The minimum atomic E-state index is -0.668. The molecule has 0 amide bonds. The van der Waals surface area contributed by atoms with Crippen molar-refractivity contribution in [2.45, 2.75) is 46.6 Å². The van der Waals surface area contributed by atoms with Crippen LogP contribution in [0.25, 0.3) is 0 Å². The lowest BCUT2D eigenvalue weighted by Crippen LogP contribution is -2.43. The second kappa shape index (κ2) is 5.20. The third kappa shape index (κ3) is 2.46. The van der Waals surface area contributed by atoms with Gasteiger partial charge < -0.3 is 5.11 Å². The molecule has 1 aliphatic rings. The highest BCUT2D eigenvalue weighted by molar-refractivity contribution is 5.74. The van der Waals surface area contributed by atoms with E-state index in [9.17, 15) is 9.90 Å². The molecule has 1 aliphatic heterocycles. The summed E-state index contributed by atoms with van der Waals surface area (Å²) in [7, 11) is 1.97. The van der Waals surface area contributed by atoms with E-state index in [1.54, 1.807) is 0 Å². The van der Waals surface area contributed by atoms with Gasteiger partial charge in [-0.2, -0.15) is 5.10 Å². The third-order valence-electron chi connectivity index (χ3n) is 4.95. The van der Waals surface area contributed by atoms with Crippen LogP contribution in [0.5, 0.6) is 0 Å². The molecule has 0 spiro atoms. The van der Waals surface area contributed by atoms with Crippen LogP contribution in [-0.2, 0) is 11.8 Å². The van der Waals surface area contributed by atoms with E-state index in [1.165, 1.54) is 11.3 Å². The number of likely N-dealkylation sites (tertiary alicyclic amines) is 1. The van der Waals surface area contributed by atoms with Crippen molar-refractivity contribution in [3.05, 3.63) is 17.0 Å². The van der Waals surface area contributed by atoms with Gasteiger partial charge >= 0.3 is 5.97 Å². The number of carbonyl (C=O) groups is 1. The van der Waals surface area contributed by atoms with E-state index < -0.39 is 11.4 Å². The second-order valence-electron chi connectivity index (χ2n) is 6.29. The number of piperidine rings is 1. The molecular weight excluding hydrogens is 254 g/mol. The monoisotopic (exact) mass is 279 g/mol. The van der Waals surface area contributed by atoms with Gasteiger partial charge in [0.2, 0.25) is 0 Å². The lowest BCUT2D eigenvalue weighted by atomic mass is 9.80. The van der Waals surface area contributed by atoms with Gasteiger partial charge in [0, 0.05) is 24.3 Å². The third-order valence-corrected chi connectivity index (χ3v) is 4.95. The fourth-order valence-electron chi connectivity index (χ4n) is 3.20. The van der Waals surface area contributed by atoms with Crippen molar-refractivity contribution < 1.29 is 9.90 Å². The lowest BCUT2D eigenvalue weighted by molar-refractivity contribution is -0.151. The van der Waals surface area contributed by atoms with Crippen LogP contribution < -0.4 is 0 Å². The molecule has 2 heterocycles.